The Hall–Kier alpha value is -0.970. The number of fused-ring (bicyclic) bond motifs is 1. The van der Waals surface area contributed by atoms with Gasteiger partial charge in [0.15, 0.2) is 0 Å². The fourth-order valence-corrected chi connectivity index (χ4v) is 3.65. The molecule has 0 saturated heterocycles. The summed E-state index contributed by atoms with van der Waals surface area (Å²) in [5.74, 6) is 0. The molecule has 0 amide bonds. The van der Waals surface area contributed by atoms with E-state index < -0.39 is 5.60 Å². The number of para-hydroxylation sites is 1. The van der Waals surface area contributed by atoms with E-state index in [4.69, 9.17) is 5.73 Å². The molecule has 1 aliphatic rings. The number of hydrogen-bond donors (Lipinski definition) is 2. The van der Waals surface area contributed by atoms with Gasteiger partial charge in [0.05, 0.1) is 10.2 Å². The van der Waals surface area contributed by atoms with Crippen molar-refractivity contribution < 1.29 is 5.11 Å². The molecule has 4 heteroatoms. The lowest BCUT2D eigenvalue weighted by molar-refractivity contribution is -0.0193. The fourth-order valence-electron chi connectivity index (χ4n) is 2.51. The van der Waals surface area contributed by atoms with Crippen LogP contribution in [0, 0.1) is 0 Å². The van der Waals surface area contributed by atoms with Gasteiger partial charge in [-0.25, -0.2) is 4.98 Å². The van der Waals surface area contributed by atoms with Crippen LogP contribution in [0.15, 0.2) is 24.3 Å². The lowest BCUT2D eigenvalue weighted by Gasteiger charge is -2.35. The van der Waals surface area contributed by atoms with Gasteiger partial charge < -0.3 is 10.8 Å². The van der Waals surface area contributed by atoms with Crippen molar-refractivity contribution in [2.45, 2.75) is 37.3 Å². The summed E-state index contributed by atoms with van der Waals surface area (Å²) in [6.07, 6.45) is 3.74. The average molecular weight is 248 g/mol. The quantitative estimate of drug-likeness (QED) is 0.814. The van der Waals surface area contributed by atoms with Crippen LogP contribution in [0.3, 0.4) is 0 Å². The van der Waals surface area contributed by atoms with Crippen LogP contribution in [-0.2, 0) is 5.60 Å². The van der Waals surface area contributed by atoms with Crippen molar-refractivity contribution in [3.8, 4) is 0 Å². The highest BCUT2D eigenvalue weighted by Gasteiger charge is 2.40. The second-order valence-corrected chi connectivity index (χ2v) is 5.79. The van der Waals surface area contributed by atoms with Crippen molar-refractivity contribution in [1.82, 2.24) is 4.98 Å². The molecule has 0 aliphatic heterocycles. The maximum Gasteiger partial charge on any atom is 0.131 e. The van der Waals surface area contributed by atoms with E-state index in [0.717, 1.165) is 40.9 Å². The minimum Gasteiger partial charge on any atom is -0.381 e. The van der Waals surface area contributed by atoms with E-state index in [1.807, 2.05) is 24.3 Å². The number of aliphatic hydroxyl groups is 1. The summed E-state index contributed by atoms with van der Waals surface area (Å²) in [7, 11) is 0. The molecule has 2 aromatic rings. The third kappa shape index (κ3) is 1.76. The number of thiazole rings is 1. The first-order chi connectivity index (χ1) is 8.20. The highest BCUT2D eigenvalue weighted by molar-refractivity contribution is 7.18. The fraction of sp³-hybridized carbons (Fsp3) is 0.462. The predicted octanol–water partition coefficient (Wildman–Crippen LogP) is 2.39. The number of rotatable bonds is 1. The van der Waals surface area contributed by atoms with Crippen LogP contribution in [0.5, 0.6) is 0 Å². The molecule has 0 spiro atoms. The van der Waals surface area contributed by atoms with Gasteiger partial charge in [-0.2, -0.15) is 0 Å². The first-order valence-corrected chi connectivity index (χ1v) is 6.86. The molecule has 1 aromatic heterocycles. The van der Waals surface area contributed by atoms with Crippen molar-refractivity contribution in [2.24, 2.45) is 5.73 Å². The third-order valence-corrected chi connectivity index (χ3v) is 4.80. The Balaban J connectivity index is 2.07. The highest BCUT2D eigenvalue weighted by Crippen LogP contribution is 2.39. The smallest absolute Gasteiger partial charge is 0.131 e. The molecule has 1 heterocycles. The summed E-state index contributed by atoms with van der Waals surface area (Å²) < 4.78 is 1.12. The summed E-state index contributed by atoms with van der Waals surface area (Å²) in [4.78, 5) is 4.55. The van der Waals surface area contributed by atoms with Gasteiger partial charge in [0, 0.05) is 6.04 Å². The Kier molecular flexibility index (Phi) is 2.65. The molecule has 1 aromatic carbocycles. The monoisotopic (exact) mass is 248 g/mol. The molecule has 3 N–H and O–H groups in total. The molecule has 0 bridgehead atoms. The van der Waals surface area contributed by atoms with Crippen LogP contribution < -0.4 is 5.73 Å². The molecule has 1 fully saturated rings. The predicted molar refractivity (Wildman–Crippen MR) is 70.0 cm³/mol. The van der Waals surface area contributed by atoms with Crippen LogP contribution in [0.1, 0.15) is 30.7 Å². The van der Waals surface area contributed by atoms with Gasteiger partial charge in [-0.1, -0.05) is 25.0 Å². The summed E-state index contributed by atoms with van der Waals surface area (Å²) in [6, 6.07) is 7.80. The zero-order valence-electron chi connectivity index (χ0n) is 9.60. The van der Waals surface area contributed by atoms with Gasteiger partial charge in [-0.15, -0.1) is 11.3 Å². The number of aromatic nitrogens is 1. The van der Waals surface area contributed by atoms with Crippen LogP contribution >= 0.6 is 11.3 Å². The van der Waals surface area contributed by atoms with Gasteiger partial charge >= 0.3 is 0 Å². The van der Waals surface area contributed by atoms with Gasteiger partial charge in [0.25, 0.3) is 0 Å². The Morgan fingerprint density at radius 2 is 2.18 bits per heavy atom. The third-order valence-electron chi connectivity index (χ3n) is 3.60. The van der Waals surface area contributed by atoms with E-state index in [1.165, 1.54) is 0 Å². The molecule has 17 heavy (non-hydrogen) atoms. The van der Waals surface area contributed by atoms with Crippen molar-refractivity contribution >= 4 is 21.6 Å². The number of nitrogens with two attached hydrogens (primary N) is 1. The van der Waals surface area contributed by atoms with E-state index >= 15 is 0 Å². The van der Waals surface area contributed by atoms with Crippen molar-refractivity contribution in [1.29, 1.82) is 0 Å². The Morgan fingerprint density at radius 1 is 1.35 bits per heavy atom. The topological polar surface area (TPSA) is 59.1 Å². The van der Waals surface area contributed by atoms with Crippen LogP contribution in [0.2, 0.25) is 0 Å². The molecule has 3 rings (SSSR count). The van der Waals surface area contributed by atoms with E-state index in [9.17, 15) is 5.11 Å². The number of nitrogens with zero attached hydrogens (tertiary/aromatic N) is 1. The molecule has 1 aliphatic carbocycles. The molecule has 2 unspecified atom stereocenters. The van der Waals surface area contributed by atoms with E-state index in [1.54, 1.807) is 11.3 Å². The number of hydrogen-bond acceptors (Lipinski definition) is 4. The molecule has 90 valence electrons. The Bertz CT molecular complexity index is 506. The first-order valence-electron chi connectivity index (χ1n) is 6.04. The first kappa shape index (κ1) is 11.1. The summed E-state index contributed by atoms with van der Waals surface area (Å²) >= 11 is 1.57. The van der Waals surface area contributed by atoms with E-state index in [2.05, 4.69) is 4.98 Å². The number of benzene rings is 1. The average Bonchev–Trinajstić information content (AvgIpc) is 2.77. The van der Waals surface area contributed by atoms with Crippen molar-refractivity contribution in [3.63, 3.8) is 0 Å². The molecular weight excluding hydrogens is 232 g/mol. The Morgan fingerprint density at radius 3 is 2.94 bits per heavy atom. The zero-order chi connectivity index (χ0) is 11.9. The minimum atomic E-state index is -0.915. The van der Waals surface area contributed by atoms with Crippen molar-refractivity contribution in [3.05, 3.63) is 29.3 Å². The van der Waals surface area contributed by atoms with E-state index in [-0.39, 0.29) is 6.04 Å². The second-order valence-electron chi connectivity index (χ2n) is 4.76. The minimum absolute atomic E-state index is 0.184. The second kappa shape index (κ2) is 4.05. The van der Waals surface area contributed by atoms with Gasteiger partial charge in [-0.05, 0) is 25.0 Å². The largest absolute Gasteiger partial charge is 0.381 e. The summed E-state index contributed by atoms with van der Waals surface area (Å²) in [5.41, 5.74) is 6.13. The standard InChI is InChI=1S/C13H16N2OS/c14-11-7-3-4-8-13(11,16)12-15-9-5-1-2-6-10(9)17-12/h1-2,5-6,11,16H,3-4,7-8,14H2. The molecule has 2 atom stereocenters. The lowest BCUT2D eigenvalue weighted by Crippen LogP contribution is -2.47. The van der Waals surface area contributed by atoms with Crippen molar-refractivity contribution in [2.75, 3.05) is 0 Å². The van der Waals surface area contributed by atoms with E-state index in [0.29, 0.717) is 0 Å². The van der Waals surface area contributed by atoms with Crippen LogP contribution in [-0.4, -0.2) is 16.1 Å². The van der Waals surface area contributed by atoms with Gasteiger partial charge in [0.1, 0.15) is 10.6 Å². The Labute approximate surface area is 104 Å². The SMILES string of the molecule is NC1CCCCC1(O)c1nc2ccccc2s1. The van der Waals surface area contributed by atoms with Crippen LogP contribution in [0.25, 0.3) is 10.2 Å². The summed E-state index contributed by atoms with van der Waals surface area (Å²) in [6.45, 7) is 0. The molecule has 3 nitrogen and oxygen atoms in total. The normalized spacial score (nSPS) is 29.6. The highest BCUT2D eigenvalue weighted by atomic mass is 32.1. The van der Waals surface area contributed by atoms with Gasteiger partial charge in [-0.3, -0.25) is 0 Å². The lowest BCUT2D eigenvalue weighted by atomic mass is 9.81. The van der Waals surface area contributed by atoms with Crippen LogP contribution in [0.4, 0.5) is 0 Å². The maximum atomic E-state index is 10.7. The zero-order valence-corrected chi connectivity index (χ0v) is 10.4. The summed E-state index contributed by atoms with van der Waals surface area (Å²) in [5, 5.41) is 11.5. The van der Waals surface area contributed by atoms with Gasteiger partial charge in [0.2, 0.25) is 0 Å². The molecule has 0 radical (unpaired) electrons. The molecular formula is C13H16N2OS. The molecule has 1 saturated carbocycles. The maximum absolute atomic E-state index is 10.7.